The summed E-state index contributed by atoms with van der Waals surface area (Å²) < 4.78 is 28.3. The van der Waals surface area contributed by atoms with Crippen molar-refractivity contribution in [1.29, 1.82) is 0 Å². The molecule has 12 nitrogen and oxygen atoms in total. The van der Waals surface area contributed by atoms with E-state index in [1.807, 2.05) is 0 Å². The Balaban J connectivity index is 3.05. The number of carbonyl (C=O) groups excluding carboxylic acids is 3. The molecule has 1 saturated heterocycles. The van der Waals surface area contributed by atoms with Crippen LogP contribution >= 0.6 is 0 Å². The maximum atomic E-state index is 13.0. The van der Waals surface area contributed by atoms with E-state index in [4.69, 9.17) is 28.8 Å². The second-order valence-corrected chi connectivity index (χ2v) is 11.6. The number of hydrogen-bond acceptors (Lipinski definition) is 12. The summed E-state index contributed by atoms with van der Waals surface area (Å²) in [6, 6.07) is 0. The fraction of sp³-hybridized carbons (Fsp3) is 0.906. The molecule has 44 heavy (non-hydrogen) atoms. The zero-order valence-corrected chi connectivity index (χ0v) is 27.0. The van der Waals surface area contributed by atoms with E-state index in [1.54, 1.807) is 0 Å². The smallest absolute Gasteiger partial charge is 0.306 e. The summed E-state index contributed by atoms with van der Waals surface area (Å²) in [5.74, 6) is -1.92. The van der Waals surface area contributed by atoms with Gasteiger partial charge in [-0.25, -0.2) is 0 Å². The summed E-state index contributed by atoms with van der Waals surface area (Å²) in [5, 5.41) is 39.1. The number of aliphatic hydroxyl groups is 4. The second-order valence-electron chi connectivity index (χ2n) is 11.6. The van der Waals surface area contributed by atoms with Crippen LogP contribution in [0.2, 0.25) is 0 Å². The molecule has 0 radical (unpaired) electrons. The third-order valence-electron chi connectivity index (χ3n) is 7.64. The molecule has 0 unspecified atom stereocenters. The van der Waals surface area contributed by atoms with Crippen LogP contribution in [0.3, 0.4) is 0 Å². The van der Waals surface area contributed by atoms with Gasteiger partial charge in [0, 0.05) is 19.8 Å². The lowest BCUT2D eigenvalue weighted by Gasteiger charge is -2.44. The van der Waals surface area contributed by atoms with E-state index in [0.717, 1.165) is 71.1 Å². The molecule has 0 amide bonds. The number of ether oxygens (including phenoxy) is 5. The van der Waals surface area contributed by atoms with Crippen molar-refractivity contribution >= 4 is 17.9 Å². The van der Waals surface area contributed by atoms with Crippen LogP contribution in [-0.2, 0) is 38.1 Å². The maximum absolute atomic E-state index is 13.0. The van der Waals surface area contributed by atoms with Crippen LogP contribution in [0.25, 0.3) is 0 Å². The summed E-state index contributed by atoms with van der Waals surface area (Å²) in [6.45, 7) is 3.54. The van der Waals surface area contributed by atoms with Crippen LogP contribution in [0.4, 0.5) is 0 Å². The Morgan fingerprint density at radius 2 is 1.14 bits per heavy atom. The molecule has 4 N–H and O–H groups in total. The molecule has 0 bridgehead atoms. The van der Waals surface area contributed by atoms with Crippen molar-refractivity contribution in [2.24, 2.45) is 0 Å². The highest BCUT2D eigenvalue weighted by Gasteiger charge is 2.52. The summed E-state index contributed by atoms with van der Waals surface area (Å²) in [6.07, 6.45) is 4.34. The average Bonchev–Trinajstić information content (AvgIpc) is 3.00. The van der Waals surface area contributed by atoms with E-state index in [2.05, 4.69) is 13.8 Å². The Bertz CT molecular complexity index is 778. The monoisotopic (exact) mass is 634 g/mol. The molecule has 0 aromatic heterocycles. The molecule has 0 spiro atoms. The number of unbranched alkanes of at least 4 members (excludes halogenated alkanes) is 12. The van der Waals surface area contributed by atoms with Crippen molar-refractivity contribution in [3.05, 3.63) is 0 Å². The fourth-order valence-corrected chi connectivity index (χ4v) is 5.05. The quantitative estimate of drug-likeness (QED) is 0.0654. The van der Waals surface area contributed by atoms with Gasteiger partial charge in [-0.1, -0.05) is 90.9 Å². The zero-order chi connectivity index (χ0) is 32.7. The van der Waals surface area contributed by atoms with Gasteiger partial charge in [0.05, 0.1) is 19.8 Å². The normalized spacial score (nSPS) is 23.1. The van der Waals surface area contributed by atoms with Gasteiger partial charge in [-0.3, -0.25) is 14.4 Å². The van der Waals surface area contributed by atoms with Gasteiger partial charge in [-0.05, 0) is 12.8 Å². The third kappa shape index (κ3) is 16.5. The largest absolute Gasteiger partial charge is 0.456 e. The van der Waals surface area contributed by atoms with E-state index >= 15 is 0 Å². The lowest BCUT2D eigenvalue weighted by molar-refractivity contribution is -0.312. The predicted molar refractivity (Wildman–Crippen MR) is 161 cm³/mol. The van der Waals surface area contributed by atoms with Gasteiger partial charge in [-0.2, -0.15) is 0 Å². The van der Waals surface area contributed by atoms with Crippen LogP contribution in [0.15, 0.2) is 0 Å². The average molecular weight is 635 g/mol. The molecule has 0 saturated carbocycles. The molecule has 1 fully saturated rings. The van der Waals surface area contributed by atoms with Crippen LogP contribution in [-0.4, -0.2) is 101 Å². The molecule has 0 aromatic rings. The molecule has 1 aliphatic rings. The molecule has 258 valence electrons. The molecular weight excluding hydrogens is 576 g/mol. The predicted octanol–water partition coefficient (Wildman–Crippen LogP) is 3.47. The number of aliphatic hydroxyl groups excluding tert-OH is 4. The van der Waals surface area contributed by atoms with Crippen LogP contribution in [0, 0.1) is 0 Å². The highest BCUT2D eigenvalue weighted by atomic mass is 16.7. The number of rotatable bonds is 25. The van der Waals surface area contributed by atoms with E-state index in [0.29, 0.717) is 12.8 Å². The van der Waals surface area contributed by atoms with Gasteiger partial charge in [0.2, 0.25) is 0 Å². The van der Waals surface area contributed by atoms with Crippen molar-refractivity contribution in [3.8, 4) is 0 Å². The van der Waals surface area contributed by atoms with Crippen LogP contribution in [0.5, 0.6) is 0 Å². The van der Waals surface area contributed by atoms with Gasteiger partial charge in [0.15, 0.2) is 24.6 Å². The molecule has 0 aromatic carbocycles. The topological polar surface area (TPSA) is 178 Å². The lowest BCUT2D eigenvalue weighted by Crippen LogP contribution is -2.63. The summed E-state index contributed by atoms with van der Waals surface area (Å²) >= 11 is 0. The first kappa shape index (κ1) is 40.2. The fourth-order valence-electron chi connectivity index (χ4n) is 5.05. The van der Waals surface area contributed by atoms with Gasteiger partial charge in [-0.15, -0.1) is 0 Å². The molecule has 0 aliphatic carbocycles. The minimum absolute atomic E-state index is 0.0865. The zero-order valence-electron chi connectivity index (χ0n) is 27.0. The van der Waals surface area contributed by atoms with Gasteiger partial charge < -0.3 is 44.1 Å². The van der Waals surface area contributed by atoms with Crippen molar-refractivity contribution in [2.75, 3.05) is 19.8 Å². The number of carbonyl (C=O) groups is 3. The minimum Gasteiger partial charge on any atom is -0.456 e. The first-order valence-corrected chi connectivity index (χ1v) is 16.6. The lowest BCUT2D eigenvalue weighted by atomic mass is 9.98. The molecule has 1 heterocycles. The van der Waals surface area contributed by atoms with E-state index in [-0.39, 0.29) is 12.8 Å². The number of esters is 3. The van der Waals surface area contributed by atoms with Gasteiger partial charge in [0.1, 0.15) is 18.3 Å². The molecular formula is C32H58O12. The van der Waals surface area contributed by atoms with Crippen LogP contribution in [0.1, 0.15) is 124 Å². The Labute approximate surface area is 262 Å². The maximum Gasteiger partial charge on any atom is 0.306 e. The molecule has 12 heteroatoms. The Morgan fingerprint density at radius 3 is 1.59 bits per heavy atom. The standard InChI is InChI=1S/C32H58O12/c1-4-6-8-10-12-14-16-18-27(38)43-30-29(41-23(3)35)26(21-34)42-32(40-22-25(37)24(36)20-33)31(30)44-28(39)19-17-15-13-11-9-7-5-2/h24-26,29-34,36-37H,4-22H2,1-3H3/t24-,25+,26-,29-,30+,31+,32-/m1/s1. The molecule has 1 aliphatic heterocycles. The van der Waals surface area contributed by atoms with Crippen molar-refractivity contribution < 1.29 is 58.5 Å². The van der Waals surface area contributed by atoms with Gasteiger partial charge >= 0.3 is 17.9 Å². The van der Waals surface area contributed by atoms with Crippen molar-refractivity contribution in [3.63, 3.8) is 0 Å². The van der Waals surface area contributed by atoms with Crippen molar-refractivity contribution in [2.45, 2.75) is 166 Å². The highest BCUT2D eigenvalue weighted by Crippen LogP contribution is 2.30. The highest BCUT2D eigenvalue weighted by molar-refractivity contribution is 5.71. The van der Waals surface area contributed by atoms with E-state index in [9.17, 15) is 29.7 Å². The second kappa shape index (κ2) is 24.4. The van der Waals surface area contributed by atoms with Gasteiger partial charge in [0.25, 0.3) is 0 Å². The Hall–Kier alpha value is -1.83. The van der Waals surface area contributed by atoms with E-state index in [1.165, 1.54) is 12.8 Å². The van der Waals surface area contributed by atoms with Crippen molar-refractivity contribution in [1.82, 2.24) is 0 Å². The molecule has 1 rings (SSSR count). The number of hydrogen-bond donors (Lipinski definition) is 4. The minimum atomic E-state index is -1.51. The molecule has 7 atom stereocenters. The summed E-state index contributed by atoms with van der Waals surface area (Å²) in [7, 11) is 0. The van der Waals surface area contributed by atoms with E-state index < -0.39 is 80.6 Å². The summed E-state index contributed by atoms with van der Waals surface area (Å²) in [4.78, 5) is 37.9. The first-order chi connectivity index (χ1) is 21.2. The SMILES string of the molecule is CCCCCCCCCC(=O)O[C@@H]1[C@H](OC(=O)CCCCCCCCC)[C@H](OC[C@H](O)[C@H](O)CO)O[C@H](CO)[C@H]1OC(C)=O. The summed E-state index contributed by atoms with van der Waals surface area (Å²) in [5.41, 5.74) is 0. The Morgan fingerprint density at radius 1 is 0.659 bits per heavy atom. The first-order valence-electron chi connectivity index (χ1n) is 16.6. The third-order valence-corrected chi connectivity index (χ3v) is 7.64. The Kier molecular flexibility index (Phi) is 22.3. The van der Waals surface area contributed by atoms with Crippen LogP contribution < -0.4 is 0 Å².